The van der Waals surface area contributed by atoms with E-state index in [1.807, 2.05) is 24.3 Å². The molecule has 1 aliphatic carbocycles. The van der Waals surface area contributed by atoms with E-state index < -0.39 is 0 Å². The quantitative estimate of drug-likeness (QED) is 0.906. The number of benzene rings is 1. The van der Waals surface area contributed by atoms with E-state index in [1.165, 1.54) is 12.8 Å². The van der Waals surface area contributed by atoms with Gasteiger partial charge in [-0.15, -0.1) is 0 Å². The minimum absolute atomic E-state index is 0.0417. The van der Waals surface area contributed by atoms with Gasteiger partial charge in [0.05, 0.1) is 18.7 Å². The summed E-state index contributed by atoms with van der Waals surface area (Å²) in [5.41, 5.74) is 1.76. The lowest BCUT2D eigenvalue weighted by molar-refractivity contribution is 0.0932. The van der Waals surface area contributed by atoms with Crippen molar-refractivity contribution >= 4 is 11.6 Å². The number of rotatable bonds is 5. The zero-order valence-corrected chi connectivity index (χ0v) is 14.7. The molecule has 1 amide bonds. The van der Waals surface area contributed by atoms with Gasteiger partial charge in [0.1, 0.15) is 17.8 Å². The molecule has 1 aromatic heterocycles. The van der Waals surface area contributed by atoms with Crippen molar-refractivity contribution in [2.45, 2.75) is 31.7 Å². The highest BCUT2D eigenvalue weighted by molar-refractivity contribution is 5.94. The van der Waals surface area contributed by atoms with E-state index in [2.05, 4.69) is 23.2 Å². The molecule has 1 aliphatic heterocycles. The molecular weight excluding hydrogens is 316 g/mol. The molecule has 1 N–H and O–H groups in total. The highest BCUT2D eigenvalue weighted by atomic mass is 16.5. The first-order valence-electron chi connectivity index (χ1n) is 8.92. The van der Waals surface area contributed by atoms with Crippen molar-refractivity contribution in [3.8, 4) is 5.75 Å². The normalized spacial score (nSPS) is 22.9. The summed E-state index contributed by atoms with van der Waals surface area (Å²) in [6.07, 6.45) is 3.93. The third-order valence-corrected chi connectivity index (χ3v) is 5.21. The average Bonchev–Trinajstić information content (AvgIpc) is 3.24. The maximum absolute atomic E-state index is 12.5. The molecule has 1 saturated carbocycles. The van der Waals surface area contributed by atoms with E-state index in [0.717, 1.165) is 30.3 Å². The first kappa shape index (κ1) is 16.1. The van der Waals surface area contributed by atoms with E-state index in [-0.39, 0.29) is 11.9 Å². The lowest BCUT2D eigenvalue weighted by atomic mass is 10.1. The molecule has 2 atom stereocenters. The van der Waals surface area contributed by atoms with Gasteiger partial charge in [-0.25, -0.2) is 0 Å². The molecule has 2 aromatic rings. The Kier molecular flexibility index (Phi) is 4.15. The molecule has 1 saturated heterocycles. The molecule has 5 nitrogen and oxygen atoms in total. The second-order valence-electron chi connectivity index (χ2n) is 7.18. The van der Waals surface area contributed by atoms with Gasteiger partial charge in [0, 0.05) is 30.8 Å². The van der Waals surface area contributed by atoms with Gasteiger partial charge in [-0.3, -0.25) is 4.79 Å². The summed E-state index contributed by atoms with van der Waals surface area (Å²) < 4.78 is 10.8. The predicted octanol–water partition coefficient (Wildman–Crippen LogP) is 3.42. The van der Waals surface area contributed by atoms with E-state index in [1.54, 1.807) is 13.4 Å². The summed E-state index contributed by atoms with van der Waals surface area (Å²) in [5.74, 6) is 2.66. The predicted molar refractivity (Wildman–Crippen MR) is 96.3 cm³/mol. The number of furan rings is 1. The van der Waals surface area contributed by atoms with E-state index >= 15 is 0 Å². The third kappa shape index (κ3) is 3.36. The molecule has 25 heavy (non-hydrogen) atoms. The zero-order valence-electron chi connectivity index (χ0n) is 14.7. The van der Waals surface area contributed by atoms with Crippen molar-refractivity contribution in [2.75, 3.05) is 25.1 Å². The van der Waals surface area contributed by atoms with Gasteiger partial charge in [0.25, 0.3) is 5.91 Å². The summed E-state index contributed by atoms with van der Waals surface area (Å²) in [4.78, 5) is 14.8. The Labute approximate surface area is 148 Å². The van der Waals surface area contributed by atoms with Crippen molar-refractivity contribution in [3.63, 3.8) is 0 Å². The van der Waals surface area contributed by atoms with Gasteiger partial charge < -0.3 is 19.4 Å². The summed E-state index contributed by atoms with van der Waals surface area (Å²) in [7, 11) is 1.68. The van der Waals surface area contributed by atoms with Crippen LogP contribution in [0.25, 0.3) is 0 Å². The second kappa shape index (κ2) is 6.47. The Bertz CT molecular complexity index is 766. The van der Waals surface area contributed by atoms with Crippen LogP contribution >= 0.6 is 0 Å². The van der Waals surface area contributed by atoms with Crippen molar-refractivity contribution in [1.29, 1.82) is 0 Å². The number of nitrogens with zero attached hydrogens (tertiary/aromatic N) is 1. The molecule has 1 aromatic carbocycles. The Morgan fingerprint density at radius 1 is 1.28 bits per heavy atom. The molecule has 0 radical (unpaired) electrons. The summed E-state index contributed by atoms with van der Waals surface area (Å²) in [6.45, 7) is 3.89. The number of methoxy groups -OCH3 is 1. The van der Waals surface area contributed by atoms with Crippen LogP contribution in [0.15, 0.2) is 41.0 Å². The molecule has 0 spiro atoms. The van der Waals surface area contributed by atoms with Crippen LogP contribution in [0.3, 0.4) is 0 Å². The van der Waals surface area contributed by atoms with Gasteiger partial charge in [-0.05, 0) is 37.0 Å². The average molecular weight is 340 g/mol. The highest BCUT2D eigenvalue weighted by Gasteiger charge is 2.32. The third-order valence-electron chi connectivity index (χ3n) is 5.21. The standard InChI is InChI=1S/C20H24N2O3/c1-13-10-22(16-4-3-5-17(9-16)24-2)11-18(13)21-20(23)15-8-19(25-12-15)14-6-7-14/h3-5,8-9,12-14,18H,6-7,10-11H2,1-2H3,(H,21,23)/t13-,18+/m0/s1. The topological polar surface area (TPSA) is 54.7 Å². The number of ether oxygens (including phenoxy) is 1. The van der Waals surface area contributed by atoms with E-state index in [0.29, 0.717) is 17.4 Å². The fraction of sp³-hybridized carbons (Fsp3) is 0.450. The molecule has 2 aliphatic rings. The Hall–Kier alpha value is -2.43. The number of nitrogens with one attached hydrogen (secondary N) is 1. The van der Waals surface area contributed by atoms with Crippen LogP contribution in [0.5, 0.6) is 5.75 Å². The van der Waals surface area contributed by atoms with Crippen LogP contribution in [-0.2, 0) is 0 Å². The van der Waals surface area contributed by atoms with E-state index in [4.69, 9.17) is 9.15 Å². The van der Waals surface area contributed by atoms with Crippen LogP contribution in [0.4, 0.5) is 5.69 Å². The molecule has 4 rings (SSSR count). The second-order valence-corrected chi connectivity index (χ2v) is 7.18. The van der Waals surface area contributed by atoms with E-state index in [9.17, 15) is 4.79 Å². The van der Waals surface area contributed by atoms with Gasteiger partial charge >= 0.3 is 0 Å². The Morgan fingerprint density at radius 2 is 2.12 bits per heavy atom. The number of carbonyl (C=O) groups excluding carboxylic acids is 1. The lowest BCUT2D eigenvalue weighted by Crippen LogP contribution is -2.39. The molecule has 0 bridgehead atoms. The van der Waals surface area contributed by atoms with Crippen molar-refractivity contribution in [3.05, 3.63) is 47.9 Å². The zero-order chi connectivity index (χ0) is 17.4. The van der Waals surface area contributed by atoms with Gasteiger partial charge in [0.15, 0.2) is 0 Å². The number of hydrogen-bond donors (Lipinski definition) is 1. The maximum Gasteiger partial charge on any atom is 0.254 e. The molecule has 5 heteroatoms. The van der Waals surface area contributed by atoms with Crippen LogP contribution < -0.4 is 15.0 Å². The monoisotopic (exact) mass is 340 g/mol. The van der Waals surface area contributed by atoms with Gasteiger partial charge in [-0.2, -0.15) is 0 Å². The number of amides is 1. The molecule has 132 valence electrons. The molecule has 0 unspecified atom stereocenters. The smallest absolute Gasteiger partial charge is 0.254 e. The van der Waals surface area contributed by atoms with Crippen LogP contribution in [0.2, 0.25) is 0 Å². The maximum atomic E-state index is 12.5. The van der Waals surface area contributed by atoms with Crippen molar-refractivity contribution in [2.24, 2.45) is 5.92 Å². The minimum atomic E-state index is -0.0417. The summed E-state index contributed by atoms with van der Waals surface area (Å²) in [5, 5.41) is 3.17. The highest BCUT2D eigenvalue weighted by Crippen LogP contribution is 2.40. The first-order chi connectivity index (χ1) is 12.1. The van der Waals surface area contributed by atoms with Crippen molar-refractivity contribution in [1.82, 2.24) is 5.32 Å². The first-order valence-corrected chi connectivity index (χ1v) is 8.92. The van der Waals surface area contributed by atoms with Gasteiger partial charge in [0.2, 0.25) is 0 Å². The fourth-order valence-electron chi connectivity index (χ4n) is 3.48. The lowest BCUT2D eigenvalue weighted by Gasteiger charge is -2.19. The Morgan fingerprint density at radius 3 is 2.88 bits per heavy atom. The largest absolute Gasteiger partial charge is 0.497 e. The molecule has 2 heterocycles. The Balaban J connectivity index is 1.41. The van der Waals surface area contributed by atoms with Gasteiger partial charge in [-0.1, -0.05) is 13.0 Å². The van der Waals surface area contributed by atoms with Crippen LogP contribution in [0, 0.1) is 5.92 Å². The van der Waals surface area contributed by atoms with Crippen LogP contribution in [-0.4, -0.2) is 32.1 Å². The summed E-state index contributed by atoms with van der Waals surface area (Å²) in [6, 6.07) is 10.1. The number of hydrogen-bond acceptors (Lipinski definition) is 4. The molecular formula is C20H24N2O3. The molecule has 2 fully saturated rings. The SMILES string of the molecule is COc1cccc(N2C[C@H](C)[C@H](NC(=O)c3coc(C4CC4)c3)C2)c1. The minimum Gasteiger partial charge on any atom is -0.497 e. The fourth-order valence-corrected chi connectivity index (χ4v) is 3.48. The van der Waals surface area contributed by atoms with Crippen molar-refractivity contribution < 1.29 is 13.9 Å². The summed E-state index contributed by atoms with van der Waals surface area (Å²) >= 11 is 0. The number of carbonyl (C=O) groups is 1. The van der Waals surface area contributed by atoms with Crippen LogP contribution in [0.1, 0.15) is 41.8 Å². The number of anilines is 1.